The normalized spacial score (nSPS) is 13.3. The maximum Gasteiger partial charge on any atom is 0.125 e. The Morgan fingerprint density at radius 1 is 0.964 bits per heavy atom. The number of thiophene rings is 1. The molecule has 136 valence electrons. The standard InChI is InChI=1S/C24H17FN2S/c25-18-5-3-4-17(12-18)20-13-21(16-10-8-15(14-26)9-11-16)27-24-23(20)19-6-1-2-7-22(19)28-24/h3-5,8-13H,1-2,6-7H2. The molecule has 4 aromatic rings. The maximum atomic E-state index is 14.0. The molecule has 28 heavy (non-hydrogen) atoms. The molecule has 0 saturated carbocycles. The zero-order valence-corrected chi connectivity index (χ0v) is 16.0. The number of nitrogens with zero attached hydrogens (tertiary/aromatic N) is 2. The lowest BCUT2D eigenvalue weighted by Gasteiger charge is -2.13. The van der Waals surface area contributed by atoms with Gasteiger partial charge in [0.05, 0.1) is 17.3 Å². The molecule has 2 heterocycles. The Bertz CT molecular complexity index is 1230. The van der Waals surface area contributed by atoms with Crippen LogP contribution < -0.4 is 0 Å². The van der Waals surface area contributed by atoms with Gasteiger partial charge in [-0.05, 0) is 72.7 Å². The van der Waals surface area contributed by atoms with Gasteiger partial charge in [0, 0.05) is 15.8 Å². The van der Waals surface area contributed by atoms with Crippen molar-refractivity contribution in [1.29, 1.82) is 5.26 Å². The lowest BCUT2D eigenvalue weighted by molar-refractivity contribution is 0.628. The van der Waals surface area contributed by atoms with Crippen LogP contribution >= 0.6 is 11.3 Å². The highest BCUT2D eigenvalue weighted by atomic mass is 32.1. The second-order valence-electron chi connectivity index (χ2n) is 7.15. The molecule has 0 saturated heterocycles. The molecule has 0 atom stereocenters. The minimum absolute atomic E-state index is 0.230. The molecule has 2 nitrogen and oxygen atoms in total. The Balaban J connectivity index is 1.78. The quantitative estimate of drug-likeness (QED) is 0.394. The van der Waals surface area contributed by atoms with E-state index in [1.807, 2.05) is 30.3 Å². The first-order valence-corrected chi connectivity index (χ1v) is 10.3. The number of aromatic nitrogens is 1. The van der Waals surface area contributed by atoms with Crippen LogP contribution in [0.2, 0.25) is 0 Å². The SMILES string of the molecule is N#Cc1ccc(-c2cc(-c3cccc(F)c3)c3c4c(sc3n2)CCCC4)cc1. The van der Waals surface area contributed by atoms with E-state index in [0.29, 0.717) is 5.56 Å². The first kappa shape index (κ1) is 17.1. The third kappa shape index (κ3) is 2.89. The summed E-state index contributed by atoms with van der Waals surface area (Å²) in [7, 11) is 0. The summed E-state index contributed by atoms with van der Waals surface area (Å²) in [4.78, 5) is 7.40. The third-order valence-corrected chi connectivity index (χ3v) is 6.56. The Kier molecular flexibility index (Phi) is 4.18. The number of rotatable bonds is 2. The summed E-state index contributed by atoms with van der Waals surface area (Å²) in [6, 6.07) is 18.5. The summed E-state index contributed by atoms with van der Waals surface area (Å²) in [6.07, 6.45) is 4.58. The molecule has 0 unspecified atom stereocenters. The lowest BCUT2D eigenvalue weighted by atomic mass is 9.92. The van der Waals surface area contributed by atoms with Gasteiger partial charge in [-0.15, -0.1) is 11.3 Å². The smallest absolute Gasteiger partial charge is 0.125 e. The zero-order valence-electron chi connectivity index (χ0n) is 15.2. The predicted octanol–water partition coefficient (Wildman–Crippen LogP) is 6.52. The van der Waals surface area contributed by atoms with Gasteiger partial charge >= 0.3 is 0 Å². The molecule has 4 heteroatoms. The van der Waals surface area contributed by atoms with Gasteiger partial charge in [-0.1, -0.05) is 24.3 Å². The van der Waals surface area contributed by atoms with Crippen LogP contribution in [-0.2, 0) is 12.8 Å². The van der Waals surface area contributed by atoms with Crippen molar-refractivity contribution in [2.45, 2.75) is 25.7 Å². The van der Waals surface area contributed by atoms with E-state index in [1.165, 1.54) is 34.7 Å². The molecule has 0 N–H and O–H groups in total. The number of hydrogen-bond donors (Lipinski definition) is 0. The van der Waals surface area contributed by atoms with Crippen LogP contribution in [0.1, 0.15) is 28.8 Å². The van der Waals surface area contributed by atoms with Crippen molar-refractivity contribution in [3.63, 3.8) is 0 Å². The Hall–Kier alpha value is -3.03. The largest absolute Gasteiger partial charge is 0.237 e. The molecule has 0 spiro atoms. The van der Waals surface area contributed by atoms with E-state index in [0.717, 1.165) is 40.1 Å². The second kappa shape index (κ2) is 6.85. The van der Waals surface area contributed by atoms with E-state index in [-0.39, 0.29) is 5.82 Å². The van der Waals surface area contributed by atoms with E-state index >= 15 is 0 Å². The fourth-order valence-electron chi connectivity index (χ4n) is 4.01. The van der Waals surface area contributed by atoms with Gasteiger partial charge in [-0.25, -0.2) is 9.37 Å². The molecular weight excluding hydrogens is 367 g/mol. The average Bonchev–Trinajstić information content (AvgIpc) is 3.11. The van der Waals surface area contributed by atoms with Gasteiger partial charge < -0.3 is 0 Å². The van der Waals surface area contributed by atoms with Crippen LogP contribution in [0, 0.1) is 17.1 Å². The average molecular weight is 384 g/mol. The fraction of sp³-hybridized carbons (Fsp3) is 0.167. The van der Waals surface area contributed by atoms with Crippen LogP contribution in [0.4, 0.5) is 4.39 Å². The first-order valence-electron chi connectivity index (χ1n) is 9.45. The molecule has 0 radical (unpaired) electrons. The van der Waals surface area contributed by atoms with E-state index in [2.05, 4.69) is 12.1 Å². The molecule has 1 aliphatic carbocycles. The van der Waals surface area contributed by atoms with E-state index < -0.39 is 0 Å². The van der Waals surface area contributed by atoms with Crippen molar-refractivity contribution >= 4 is 21.6 Å². The molecule has 1 aliphatic rings. The highest BCUT2D eigenvalue weighted by Crippen LogP contribution is 2.42. The summed E-state index contributed by atoms with van der Waals surface area (Å²) in [6.45, 7) is 0. The van der Waals surface area contributed by atoms with Crippen LogP contribution in [-0.4, -0.2) is 4.98 Å². The minimum Gasteiger partial charge on any atom is -0.237 e. The topological polar surface area (TPSA) is 36.7 Å². The number of pyridine rings is 1. The van der Waals surface area contributed by atoms with Crippen molar-refractivity contribution in [2.24, 2.45) is 0 Å². The van der Waals surface area contributed by atoms with Crippen molar-refractivity contribution in [3.05, 3.63) is 76.4 Å². The Morgan fingerprint density at radius 2 is 1.79 bits per heavy atom. The zero-order chi connectivity index (χ0) is 19.1. The van der Waals surface area contributed by atoms with Crippen LogP contribution in [0.25, 0.3) is 32.6 Å². The lowest BCUT2D eigenvalue weighted by Crippen LogP contribution is -1.99. The molecule has 2 aromatic carbocycles. The molecule has 0 amide bonds. The predicted molar refractivity (Wildman–Crippen MR) is 112 cm³/mol. The van der Waals surface area contributed by atoms with Gasteiger partial charge in [0.25, 0.3) is 0 Å². The summed E-state index contributed by atoms with van der Waals surface area (Å²) in [5, 5.41) is 10.2. The first-order chi connectivity index (χ1) is 13.7. The van der Waals surface area contributed by atoms with Gasteiger partial charge in [-0.2, -0.15) is 5.26 Å². The number of nitriles is 1. The molecule has 2 aromatic heterocycles. The van der Waals surface area contributed by atoms with E-state index in [1.54, 1.807) is 23.5 Å². The van der Waals surface area contributed by atoms with Crippen LogP contribution in [0.5, 0.6) is 0 Å². The van der Waals surface area contributed by atoms with Crippen molar-refractivity contribution < 1.29 is 4.39 Å². The van der Waals surface area contributed by atoms with Gasteiger partial charge in [0.1, 0.15) is 10.6 Å². The molecule has 0 aliphatic heterocycles. The molecule has 0 bridgehead atoms. The highest BCUT2D eigenvalue weighted by molar-refractivity contribution is 7.19. The van der Waals surface area contributed by atoms with E-state index in [4.69, 9.17) is 10.2 Å². The molecule has 5 rings (SSSR count). The van der Waals surface area contributed by atoms with Crippen molar-refractivity contribution in [2.75, 3.05) is 0 Å². The van der Waals surface area contributed by atoms with E-state index in [9.17, 15) is 4.39 Å². The summed E-state index contributed by atoms with van der Waals surface area (Å²) in [5.41, 5.74) is 5.77. The summed E-state index contributed by atoms with van der Waals surface area (Å²) in [5.74, 6) is -0.230. The second-order valence-corrected chi connectivity index (χ2v) is 8.23. The number of fused-ring (bicyclic) bond motifs is 3. The molecular formula is C24H17FN2S. The third-order valence-electron chi connectivity index (χ3n) is 5.37. The Morgan fingerprint density at radius 3 is 2.57 bits per heavy atom. The van der Waals surface area contributed by atoms with Gasteiger partial charge in [0.15, 0.2) is 0 Å². The number of halogens is 1. The minimum atomic E-state index is -0.230. The monoisotopic (exact) mass is 384 g/mol. The Labute approximate surface area is 166 Å². The van der Waals surface area contributed by atoms with Crippen LogP contribution in [0.3, 0.4) is 0 Å². The molecule has 0 fully saturated rings. The number of benzene rings is 2. The van der Waals surface area contributed by atoms with Crippen LogP contribution in [0.15, 0.2) is 54.6 Å². The van der Waals surface area contributed by atoms with Gasteiger partial charge in [-0.3, -0.25) is 0 Å². The summed E-state index contributed by atoms with van der Waals surface area (Å²) >= 11 is 1.77. The summed E-state index contributed by atoms with van der Waals surface area (Å²) < 4.78 is 14.0. The number of hydrogen-bond acceptors (Lipinski definition) is 3. The highest BCUT2D eigenvalue weighted by Gasteiger charge is 2.21. The number of aryl methyl sites for hydroxylation is 2. The maximum absolute atomic E-state index is 14.0. The van der Waals surface area contributed by atoms with Gasteiger partial charge in [0.2, 0.25) is 0 Å². The van der Waals surface area contributed by atoms with Crippen molar-refractivity contribution in [3.8, 4) is 28.5 Å². The fourth-order valence-corrected chi connectivity index (χ4v) is 5.29. The van der Waals surface area contributed by atoms with Crippen molar-refractivity contribution in [1.82, 2.24) is 4.98 Å².